The SMILES string of the molecule is O=C1C[C@H](c2ccc(F)cc2)CC2=C1[C@@H](c1cccs1)N(C(=O)C(F)(F)F)c1ccccc1N2. The van der Waals surface area contributed by atoms with E-state index in [-0.39, 0.29) is 29.4 Å². The molecule has 2 aliphatic rings. The van der Waals surface area contributed by atoms with Crippen LogP contribution in [0.3, 0.4) is 0 Å². The summed E-state index contributed by atoms with van der Waals surface area (Å²) >= 11 is 1.18. The Morgan fingerprint density at radius 1 is 1.00 bits per heavy atom. The number of fused-ring (bicyclic) bond motifs is 1. The summed E-state index contributed by atoms with van der Waals surface area (Å²) in [5, 5.41) is 4.86. The number of ketones is 1. The van der Waals surface area contributed by atoms with E-state index in [9.17, 15) is 27.2 Å². The Hall–Kier alpha value is -3.46. The van der Waals surface area contributed by atoms with Crippen LogP contribution in [0.2, 0.25) is 0 Å². The van der Waals surface area contributed by atoms with Gasteiger partial charge in [-0.05, 0) is 53.6 Å². The number of benzene rings is 2. The van der Waals surface area contributed by atoms with Gasteiger partial charge in [0.1, 0.15) is 11.9 Å². The number of anilines is 2. The highest BCUT2D eigenvalue weighted by atomic mass is 32.1. The van der Waals surface area contributed by atoms with Gasteiger partial charge in [-0.25, -0.2) is 4.39 Å². The van der Waals surface area contributed by atoms with Crippen molar-refractivity contribution in [3.05, 3.63) is 93.6 Å². The molecular formula is C25H18F4N2O2S. The molecule has 1 aromatic heterocycles. The van der Waals surface area contributed by atoms with Crippen LogP contribution in [0, 0.1) is 5.82 Å². The van der Waals surface area contributed by atoms with Gasteiger partial charge >= 0.3 is 12.1 Å². The molecule has 0 radical (unpaired) electrons. The van der Waals surface area contributed by atoms with Gasteiger partial charge < -0.3 is 5.32 Å². The first kappa shape index (κ1) is 22.3. The second-order valence-corrected chi connectivity index (χ2v) is 9.18. The molecule has 2 heterocycles. The minimum atomic E-state index is -5.14. The Labute approximate surface area is 196 Å². The summed E-state index contributed by atoms with van der Waals surface area (Å²) in [6, 6.07) is 14.2. The van der Waals surface area contributed by atoms with Crippen molar-refractivity contribution in [1.29, 1.82) is 0 Å². The Kier molecular flexibility index (Phi) is 5.51. The van der Waals surface area contributed by atoms with Crippen LogP contribution in [0.15, 0.2) is 77.3 Å². The molecule has 1 aliphatic heterocycles. The Balaban J connectivity index is 1.70. The Bertz CT molecular complexity index is 1280. The van der Waals surface area contributed by atoms with Gasteiger partial charge in [-0.3, -0.25) is 14.5 Å². The summed E-state index contributed by atoms with van der Waals surface area (Å²) in [6.45, 7) is 0. The molecule has 0 unspecified atom stereocenters. The van der Waals surface area contributed by atoms with Gasteiger partial charge in [-0.2, -0.15) is 13.2 Å². The molecule has 0 bridgehead atoms. The fraction of sp³-hybridized carbons (Fsp3) is 0.200. The highest BCUT2D eigenvalue weighted by Crippen LogP contribution is 2.49. The average molecular weight is 486 g/mol. The molecule has 174 valence electrons. The third-order valence-corrected chi connectivity index (χ3v) is 7.03. The average Bonchev–Trinajstić information content (AvgIpc) is 3.28. The number of allylic oxidation sites excluding steroid dienone is 1. The van der Waals surface area contributed by atoms with Crippen molar-refractivity contribution in [3.63, 3.8) is 0 Å². The fourth-order valence-electron chi connectivity index (χ4n) is 4.64. The molecule has 0 spiro atoms. The van der Waals surface area contributed by atoms with Crippen molar-refractivity contribution in [3.8, 4) is 0 Å². The molecule has 0 fully saturated rings. The predicted molar refractivity (Wildman–Crippen MR) is 121 cm³/mol. The predicted octanol–water partition coefficient (Wildman–Crippen LogP) is 6.35. The zero-order valence-corrected chi connectivity index (χ0v) is 18.4. The number of nitrogens with zero attached hydrogens (tertiary/aromatic N) is 1. The van der Waals surface area contributed by atoms with Crippen molar-refractivity contribution in [2.45, 2.75) is 31.0 Å². The summed E-state index contributed by atoms with van der Waals surface area (Å²) in [6.07, 6.45) is -4.77. The topological polar surface area (TPSA) is 49.4 Å². The number of para-hydroxylation sites is 2. The lowest BCUT2D eigenvalue weighted by molar-refractivity contribution is -0.170. The summed E-state index contributed by atoms with van der Waals surface area (Å²) in [4.78, 5) is 27.4. The quantitative estimate of drug-likeness (QED) is 0.430. The highest BCUT2D eigenvalue weighted by molar-refractivity contribution is 7.10. The number of nitrogens with one attached hydrogen (secondary N) is 1. The van der Waals surface area contributed by atoms with Crippen LogP contribution in [0.1, 0.15) is 35.2 Å². The summed E-state index contributed by atoms with van der Waals surface area (Å²) in [5.41, 5.74) is 1.73. The van der Waals surface area contributed by atoms with Crippen LogP contribution in [0.4, 0.5) is 28.9 Å². The van der Waals surface area contributed by atoms with Crippen LogP contribution in [-0.4, -0.2) is 17.9 Å². The maximum absolute atomic E-state index is 13.8. The van der Waals surface area contributed by atoms with Gasteiger partial charge in [0, 0.05) is 22.6 Å². The molecule has 4 nitrogen and oxygen atoms in total. The lowest BCUT2D eigenvalue weighted by atomic mass is 9.79. The van der Waals surface area contributed by atoms with E-state index in [4.69, 9.17) is 0 Å². The molecular weight excluding hydrogens is 468 g/mol. The second-order valence-electron chi connectivity index (χ2n) is 8.21. The molecule has 2 aromatic carbocycles. The standard InChI is InChI=1S/C25H18F4N2O2S/c26-16-9-7-14(8-10-16)15-12-18-22(20(32)13-15)23(21-6-3-11-34-21)31(24(33)25(27,28)29)19-5-2-1-4-17(19)30-18/h1-11,15,23,30H,12-13H2/t15-,23-/m1/s1. The number of carbonyl (C=O) groups excluding carboxylic acids is 2. The molecule has 9 heteroatoms. The zero-order valence-electron chi connectivity index (χ0n) is 17.6. The van der Waals surface area contributed by atoms with E-state index in [0.717, 1.165) is 5.56 Å². The van der Waals surface area contributed by atoms with E-state index in [0.29, 0.717) is 27.6 Å². The molecule has 34 heavy (non-hydrogen) atoms. The van der Waals surface area contributed by atoms with Gasteiger partial charge in [0.05, 0.1) is 11.4 Å². The molecule has 1 aliphatic carbocycles. The molecule has 1 amide bonds. The largest absolute Gasteiger partial charge is 0.471 e. The normalized spacial score (nSPS) is 20.4. The van der Waals surface area contributed by atoms with Crippen LogP contribution in [0.25, 0.3) is 0 Å². The van der Waals surface area contributed by atoms with Crippen molar-refractivity contribution in [2.75, 3.05) is 10.2 Å². The maximum atomic E-state index is 13.8. The first-order chi connectivity index (χ1) is 16.2. The summed E-state index contributed by atoms with van der Waals surface area (Å²) in [7, 11) is 0. The third-order valence-electron chi connectivity index (χ3n) is 6.10. The van der Waals surface area contributed by atoms with Crippen LogP contribution >= 0.6 is 11.3 Å². The van der Waals surface area contributed by atoms with E-state index in [2.05, 4.69) is 5.32 Å². The first-order valence-electron chi connectivity index (χ1n) is 10.6. The van der Waals surface area contributed by atoms with Crippen molar-refractivity contribution >= 4 is 34.4 Å². The minimum Gasteiger partial charge on any atom is -0.357 e. The Morgan fingerprint density at radius 3 is 2.41 bits per heavy atom. The van der Waals surface area contributed by atoms with Crippen LogP contribution < -0.4 is 10.2 Å². The van der Waals surface area contributed by atoms with Crippen LogP contribution in [0.5, 0.6) is 0 Å². The highest BCUT2D eigenvalue weighted by Gasteiger charge is 2.50. The van der Waals surface area contributed by atoms with E-state index >= 15 is 0 Å². The molecule has 0 saturated heterocycles. The van der Waals surface area contributed by atoms with E-state index in [1.54, 1.807) is 47.8 Å². The lowest BCUT2D eigenvalue weighted by Gasteiger charge is -2.34. The van der Waals surface area contributed by atoms with Gasteiger partial charge in [-0.1, -0.05) is 30.3 Å². The number of alkyl halides is 3. The lowest BCUT2D eigenvalue weighted by Crippen LogP contribution is -2.45. The van der Waals surface area contributed by atoms with Gasteiger partial charge in [0.2, 0.25) is 0 Å². The van der Waals surface area contributed by atoms with E-state index in [1.807, 2.05) is 0 Å². The molecule has 3 aromatic rings. The third kappa shape index (κ3) is 3.90. The second kappa shape index (κ2) is 8.39. The number of thiophene rings is 1. The van der Waals surface area contributed by atoms with Crippen LogP contribution in [-0.2, 0) is 9.59 Å². The van der Waals surface area contributed by atoms with E-state index in [1.165, 1.54) is 29.5 Å². The van der Waals surface area contributed by atoms with Crippen molar-refractivity contribution < 1.29 is 27.2 Å². The number of halogens is 4. The van der Waals surface area contributed by atoms with Crippen molar-refractivity contribution in [1.82, 2.24) is 0 Å². The van der Waals surface area contributed by atoms with Gasteiger partial charge in [0.15, 0.2) is 5.78 Å². The first-order valence-corrected chi connectivity index (χ1v) is 11.4. The fourth-order valence-corrected chi connectivity index (χ4v) is 5.46. The number of amides is 1. The van der Waals surface area contributed by atoms with E-state index < -0.39 is 23.9 Å². The molecule has 0 saturated carbocycles. The molecule has 2 atom stereocenters. The maximum Gasteiger partial charge on any atom is 0.471 e. The number of rotatable bonds is 2. The van der Waals surface area contributed by atoms with Gasteiger partial charge in [-0.15, -0.1) is 11.3 Å². The minimum absolute atomic E-state index is 0.0401. The molecule has 1 N–H and O–H groups in total. The molecule has 5 rings (SSSR count). The summed E-state index contributed by atoms with van der Waals surface area (Å²) in [5.74, 6) is -3.07. The monoisotopic (exact) mass is 486 g/mol. The number of hydrogen-bond acceptors (Lipinski definition) is 4. The zero-order chi connectivity index (χ0) is 24.0. The smallest absolute Gasteiger partial charge is 0.357 e. The number of Topliss-reactive ketones (excluding diaryl/α,β-unsaturated/α-hetero) is 1. The van der Waals surface area contributed by atoms with Crippen molar-refractivity contribution in [2.24, 2.45) is 0 Å². The van der Waals surface area contributed by atoms with Gasteiger partial charge in [0.25, 0.3) is 0 Å². The number of hydrogen-bond donors (Lipinski definition) is 1. The number of carbonyl (C=O) groups is 2. The summed E-state index contributed by atoms with van der Waals surface area (Å²) < 4.78 is 54.7. The Morgan fingerprint density at radius 2 is 1.74 bits per heavy atom.